The van der Waals surface area contributed by atoms with Crippen molar-refractivity contribution >= 4 is 0 Å². The van der Waals surface area contributed by atoms with Gasteiger partial charge in [-0.1, -0.05) is 6.92 Å². The number of rotatable bonds is 5. The first-order chi connectivity index (χ1) is 6.65. The molecule has 1 heterocycles. The van der Waals surface area contributed by atoms with E-state index in [-0.39, 0.29) is 0 Å². The summed E-state index contributed by atoms with van der Waals surface area (Å²) in [5, 5.41) is 3.55. The van der Waals surface area contributed by atoms with E-state index in [1.54, 1.807) is 7.11 Å². The average Bonchev–Trinajstić information content (AvgIpc) is 2.52. The maximum atomic E-state index is 5.15. The average molecular weight is 200 g/mol. The molecule has 0 aliphatic carbocycles. The van der Waals surface area contributed by atoms with Crippen LogP contribution in [0.5, 0.6) is 0 Å². The highest BCUT2D eigenvalue weighted by Crippen LogP contribution is 2.15. The Kier molecular flexibility index (Phi) is 4.85. The molecule has 0 saturated carbocycles. The molecule has 1 fully saturated rings. The van der Waals surface area contributed by atoms with E-state index in [4.69, 9.17) is 4.74 Å². The van der Waals surface area contributed by atoms with E-state index in [0.29, 0.717) is 12.1 Å². The molecule has 0 aromatic heterocycles. The fourth-order valence-corrected chi connectivity index (χ4v) is 2.00. The van der Waals surface area contributed by atoms with Gasteiger partial charge in [-0.05, 0) is 32.9 Å². The summed E-state index contributed by atoms with van der Waals surface area (Å²) in [5.74, 6) is 0.812. The first-order valence-corrected chi connectivity index (χ1v) is 5.57. The summed E-state index contributed by atoms with van der Waals surface area (Å²) in [6.07, 6.45) is 1.32. The van der Waals surface area contributed by atoms with Crippen molar-refractivity contribution in [1.82, 2.24) is 10.2 Å². The minimum absolute atomic E-state index is 0.509. The molecule has 0 aromatic carbocycles. The topological polar surface area (TPSA) is 24.5 Å². The fourth-order valence-electron chi connectivity index (χ4n) is 2.00. The number of nitrogens with zero attached hydrogens (tertiary/aromatic N) is 1. The zero-order valence-electron chi connectivity index (χ0n) is 9.92. The van der Waals surface area contributed by atoms with Gasteiger partial charge in [0.1, 0.15) is 0 Å². The van der Waals surface area contributed by atoms with E-state index < -0.39 is 0 Å². The molecule has 3 unspecified atom stereocenters. The number of likely N-dealkylation sites (N-methyl/N-ethyl adjacent to an activating group) is 1. The van der Waals surface area contributed by atoms with Gasteiger partial charge in [0.15, 0.2) is 0 Å². The highest BCUT2D eigenvalue weighted by Gasteiger charge is 2.24. The van der Waals surface area contributed by atoms with Crippen LogP contribution in [0.4, 0.5) is 0 Å². The largest absolute Gasteiger partial charge is 0.383 e. The summed E-state index contributed by atoms with van der Waals surface area (Å²) in [6.45, 7) is 7.67. The SMILES string of the molecule is COCC(C)N(C)CC1NCCC1C. The minimum Gasteiger partial charge on any atom is -0.383 e. The number of ether oxygens (including phenoxy) is 1. The van der Waals surface area contributed by atoms with Gasteiger partial charge >= 0.3 is 0 Å². The van der Waals surface area contributed by atoms with Crippen molar-refractivity contribution in [2.45, 2.75) is 32.4 Å². The highest BCUT2D eigenvalue weighted by molar-refractivity contribution is 4.83. The van der Waals surface area contributed by atoms with Crippen LogP contribution in [-0.2, 0) is 4.74 Å². The lowest BCUT2D eigenvalue weighted by molar-refractivity contribution is 0.108. The van der Waals surface area contributed by atoms with Gasteiger partial charge in [0.2, 0.25) is 0 Å². The molecule has 3 nitrogen and oxygen atoms in total. The minimum atomic E-state index is 0.509. The molecule has 84 valence electrons. The van der Waals surface area contributed by atoms with Gasteiger partial charge in [-0.15, -0.1) is 0 Å². The summed E-state index contributed by atoms with van der Waals surface area (Å²) in [7, 11) is 3.94. The number of methoxy groups -OCH3 is 1. The van der Waals surface area contributed by atoms with Crippen LogP contribution in [0, 0.1) is 5.92 Å². The Hall–Kier alpha value is -0.120. The van der Waals surface area contributed by atoms with Crippen LogP contribution in [-0.4, -0.2) is 50.8 Å². The molecule has 3 atom stereocenters. The normalized spacial score (nSPS) is 29.8. The summed E-state index contributed by atoms with van der Waals surface area (Å²) in [6, 6.07) is 1.17. The molecule has 1 aliphatic rings. The lowest BCUT2D eigenvalue weighted by atomic mass is 10.0. The molecule has 0 spiro atoms. The van der Waals surface area contributed by atoms with Crippen LogP contribution in [0.2, 0.25) is 0 Å². The van der Waals surface area contributed by atoms with Gasteiger partial charge in [0, 0.05) is 25.7 Å². The second-order valence-electron chi connectivity index (χ2n) is 4.57. The molecular weight excluding hydrogens is 176 g/mol. The molecule has 1 aliphatic heterocycles. The predicted molar refractivity (Wildman–Crippen MR) is 59.5 cm³/mol. The molecular formula is C11H24N2O. The van der Waals surface area contributed by atoms with Gasteiger partial charge in [-0.25, -0.2) is 0 Å². The molecule has 1 N–H and O–H groups in total. The number of hydrogen-bond acceptors (Lipinski definition) is 3. The van der Waals surface area contributed by atoms with E-state index in [1.807, 2.05) is 0 Å². The van der Waals surface area contributed by atoms with Gasteiger partial charge in [-0.2, -0.15) is 0 Å². The Morgan fingerprint density at radius 2 is 2.29 bits per heavy atom. The van der Waals surface area contributed by atoms with E-state index in [2.05, 4.69) is 31.1 Å². The van der Waals surface area contributed by atoms with Gasteiger partial charge < -0.3 is 10.1 Å². The number of nitrogens with one attached hydrogen (secondary N) is 1. The monoisotopic (exact) mass is 200 g/mol. The second-order valence-corrected chi connectivity index (χ2v) is 4.57. The van der Waals surface area contributed by atoms with Crippen molar-refractivity contribution in [1.29, 1.82) is 0 Å². The smallest absolute Gasteiger partial charge is 0.0615 e. The lowest BCUT2D eigenvalue weighted by Gasteiger charge is -2.28. The Balaban J connectivity index is 2.28. The van der Waals surface area contributed by atoms with E-state index in [9.17, 15) is 0 Å². The third-order valence-electron chi connectivity index (χ3n) is 3.34. The maximum Gasteiger partial charge on any atom is 0.0615 e. The third kappa shape index (κ3) is 3.23. The van der Waals surface area contributed by atoms with Crippen LogP contribution < -0.4 is 5.32 Å². The zero-order chi connectivity index (χ0) is 10.6. The van der Waals surface area contributed by atoms with E-state index in [1.165, 1.54) is 13.0 Å². The van der Waals surface area contributed by atoms with Crippen LogP contribution in [0.25, 0.3) is 0 Å². The molecule has 14 heavy (non-hydrogen) atoms. The Morgan fingerprint density at radius 1 is 1.57 bits per heavy atom. The van der Waals surface area contributed by atoms with Gasteiger partial charge in [0.05, 0.1) is 6.61 Å². The fraction of sp³-hybridized carbons (Fsp3) is 1.00. The quantitative estimate of drug-likeness (QED) is 0.715. The summed E-state index contributed by atoms with van der Waals surface area (Å²) < 4.78 is 5.15. The maximum absolute atomic E-state index is 5.15. The summed E-state index contributed by atoms with van der Waals surface area (Å²) >= 11 is 0. The molecule has 1 saturated heterocycles. The summed E-state index contributed by atoms with van der Waals surface area (Å²) in [5.41, 5.74) is 0. The lowest BCUT2D eigenvalue weighted by Crippen LogP contribution is -2.43. The van der Waals surface area contributed by atoms with Crippen molar-refractivity contribution in [3.63, 3.8) is 0 Å². The highest BCUT2D eigenvalue weighted by atomic mass is 16.5. The molecule has 0 aromatic rings. The Labute approximate surface area is 87.8 Å². The van der Waals surface area contributed by atoms with Crippen molar-refractivity contribution < 1.29 is 4.74 Å². The molecule has 1 rings (SSSR count). The van der Waals surface area contributed by atoms with E-state index in [0.717, 1.165) is 19.1 Å². The molecule has 0 radical (unpaired) electrons. The third-order valence-corrected chi connectivity index (χ3v) is 3.34. The number of hydrogen-bond donors (Lipinski definition) is 1. The summed E-state index contributed by atoms with van der Waals surface area (Å²) in [4.78, 5) is 2.38. The van der Waals surface area contributed by atoms with Gasteiger partial charge in [-0.3, -0.25) is 4.90 Å². The van der Waals surface area contributed by atoms with Crippen LogP contribution in [0.15, 0.2) is 0 Å². The van der Waals surface area contributed by atoms with Crippen LogP contribution >= 0.6 is 0 Å². The Morgan fingerprint density at radius 3 is 2.79 bits per heavy atom. The first-order valence-electron chi connectivity index (χ1n) is 5.57. The van der Waals surface area contributed by atoms with Gasteiger partial charge in [0.25, 0.3) is 0 Å². The zero-order valence-corrected chi connectivity index (χ0v) is 9.92. The first kappa shape index (κ1) is 12.0. The van der Waals surface area contributed by atoms with Crippen LogP contribution in [0.1, 0.15) is 20.3 Å². The molecule has 3 heteroatoms. The van der Waals surface area contributed by atoms with Crippen molar-refractivity contribution in [2.24, 2.45) is 5.92 Å². The predicted octanol–water partition coefficient (Wildman–Crippen LogP) is 0.951. The molecule has 0 amide bonds. The van der Waals surface area contributed by atoms with Crippen molar-refractivity contribution in [3.8, 4) is 0 Å². The van der Waals surface area contributed by atoms with Crippen molar-refractivity contribution in [3.05, 3.63) is 0 Å². The standard InChI is InChI=1S/C11H24N2O/c1-9-5-6-12-11(9)7-13(3)10(2)8-14-4/h9-12H,5-8H2,1-4H3. The van der Waals surface area contributed by atoms with Crippen LogP contribution in [0.3, 0.4) is 0 Å². The van der Waals surface area contributed by atoms with E-state index >= 15 is 0 Å². The second kappa shape index (κ2) is 5.69. The molecule has 0 bridgehead atoms. The Bertz CT molecular complexity index is 163. The van der Waals surface area contributed by atoms with Crippen molar-refractivity contribution in [2.75, 3.05) is 33.9 Å².